The van der Waals surface area contributed by atoms with Gasteiger partial charge in [0.2, 0.25) is 9.84 Å². The maximum atomic E-state index is 13.6. The van der Waals surface area contributed by atoms with Crippen LogP contribution < -0.4 is 11.0 Å². The average molecular weight is 454 g/mol. The molecule has 4 aromatic rings. The largest absolute Gasteiger partial charge is 0.459 e. The van der Waals surface area contributed by atoms with E-state index >= 15 is 0 Å². The van der Waals surface area contributed by atoms with Gasteiger partial charge < -0.3 is 9.73 Å². The molecular weight excluding hydrogens is 430 g/mol. The number of imidazole rings is 1. The van der Waals surface area contributed by atoms with E-state index in [4.69, 9.17) is 4.42 Å². The second-order valence-corrected chi connectivity index (χ2v) is 9.27. The molecule has 8 nitrogen and oxygen atoms in total. The molecule has 1 amide bonds. The lowest BCUT2D eigenvalue weighted by atomic mass is 10.2. The molecule has 9 heteroatoms. The predicted molar refractivity (Wildman–Crippen MR) is 121 cm³/mol. The fourth-order valence-corrected chi connectivity index (χ4v) is 5.12. The predicted octanol–water partition coefficient (Wildman–Crippen LogP) is 3.83. The molecule has 0 unspecified atom stereocenters. The van der Waals surface area contributed by atoms with Crippen molar-refractivity contribution in [3.63, 3.8) is 0 Å². The van der Waals surface area contributed by atoms with Gasteiger partial charge in [0.1, 0.15) is 0 Å². The van der Waals surface area contributed by atoms with Crippen molar-refractivity contribution in [3.05, 3.63) is 76.6 Å². The smallest absolute Gasteiger partial charge is 0.329 e. The van der Waals surface area contributed by atoms with Crippen LogP contribution >= 0.6 is 0 Å². The fourth-order valence-electron chi connectivity index (χ4n) is 3.71. The Kier molecular flexibility index (Phi) is 5.52. The quantitative estimate of drug-likeness (QED) is 0.478. The molecule has 0 saturated carbocycles. The van der Waals surface area contributed by atoms with Crippen LogP contribution in [-0.2, 0) is 22.9 Å². The molecule has 2 heterocycles. The zero-order valence-corrected chi connectivity index (χ0v) is 18.8. The van der Waals surface area contributed by atoms with Crippen LogP contribution in [-0.4, -0.2) is 23.5 Å². The van der Waals surface area contributed by atoms with Crippen molar-refractivity contribution in [2.45, 2.75) is 43.7 Å². The maximum absolute atomic E-state index is 13.6. The number of aryl methyl sites for hydroxylation is 3. The van der Waals surface area contributed by atoms with Gasteiger partial charge in [-0.2, -0.15) is 0 Å². The van der Waals surface area contributed by atoms with Crippen molar-refractivity contribution < 1.29 is 17.6 Å². The summed E-state index contributed by atoms with van der Waals surface area (Å²) in [5, 5.41) is 2.65. The molecule has 0 saturated heterocycles. The van der Waals surface area contributed by atoms with E-state index < -0.39 is 15.7 Å². The summed E-state index contributed by atoms with van der Waals surface area (Å²) >= 11 is 0. The summed E-state index contributed by atoms with van der Waals surface area (Å²) < 4.78 is 35.3. The van der Waals surface area contributed by atoms with Crippen LogP contribution in [0.25, 0.3) is 11.0 Å². The number of benzene rings is 2. The average Bonchev–Trinajstić information content (AvgIpc) is 3.39. The van der Waals surface area contributed by atoms with Crippen LogP contribution in [0.5, 0.6) is 0 Å². The number of sulfone groups is 1. The third-order valence-electron chi connectivity index (χ3n) is 5.37. The van der Waals surface area contributed by atoms with Gasteiger partial charge in [0.25, 0.3) is 5.91 Å². The zero-order chi connectivity index (χ0) is 23.0. The molecule has 0 radical (unpaired) electrons. The Hall–Kier alpha value is -3.59. The molecule has 32 heavy (non-hydrogen) atoms. The summed E-state index contributed by atoms with van der Waals surface area (Å²) in [5.41, 5.74) is 1.79. The van der Waals surface area contributed by atoms with E-state index in [1.807, 2.05) is 20.8 Å². The monoisotopic (exact) mass is 453 g/mol. The van der Waals surface area contributed by atoms with Crippen molar-refractivity contribution in [2.75, 3.05) is 5.32 Å². The van der Waals surface area contributed by atoms with Gasteiger partial charge in [-0.3, -0.25) is 13.9 Å². The number of carbonyl (C=O) groups excluding carboxylic acids is 1. The third-order valence-corrected chi connectivity index (χ3v) is 7.18. The van der Waals surface area contributed by atoms with E-state index in [-0.39, 0.29) is 26.9 Å². The van der Waals surface area contributed by atoms with Gasteiger partial charge in [0.05, 0.1) is 32.8 Å². The van der Waals surface area contributed by atoms with E-state index in [0.717, 1.165) is 5.56 Å². The van der Waals surface area contributed by atoms with Crippen molar-refractivity contribution in [1.29, 1.82) is 0 Å². The standard InChI is InChI=1S/C23H23N3O5S/c1-4-25-18-13-17(24-22(27)20-7-6-12-31-20)21(14-19(18)26(5-2)23(25)28)32(29,30)16-10-8-15(3)9-11-16/h6-14H,4-5H2,1-3H3,(H,24,27). The van der Waals surface area contributed by atoms with Crippen LogP contribution in [0.4, 0.5) is 5.69 Å². The molecule has 2 aromatic carbocycles. The molecular formula is C23H23N3O5S. The van der Waals surface area contributed by atoms with Crippen LogP contribution in [0.3, 0.4) is 0 Å². The Bertz CT molecular complexity index is 1460. The lowest BCUT2D eigenvalue weighted by Gasteiger charge is -2.13. The summed E-state index contributed by atoms with van der Waals surface area (Å²) in [6.07, 6.45) is 1.36. The second-order valence-electron chi connectivity index (χ2n) is 7.36. The highest BCUT2D eigenvalue weighted by Gasteiger charge is 2.26. The minimum Gasteiger partial charge on any atom is -0.459 e. The second kappa shape index (κ2) is 8.16. The molecule has 1 N–H and O–H groups in total. The van der Waals surface area contributed by atoms with E-state index in [1.54, 1.807) is 22.8 Å². The molecule has 0 spiro atoms. The maximum Gasteiger partial charge on any atom is 0.329 e. The SMILES string of the molecule is CCn1c(=O)n(CC)c2cc(S(=O)(=O)c3ccc(C)cc3)c(NC(=O)c3ccco3)cc21. The zero-order valence-electron chi connectivity index (χ0n) is 18.0. The van der Waals surface area contributed by atoms with Crippen molar-refractivity contribution in [2.24, 2.45) is 0 Å². The molecule has 0 aliphatic heterocycles. The van der Waals surface area contributed by atoms with Gasteiger partial charge in [-0.25, -0.2) is 13.2 Å². The molecule has 166 valence electrons. The first-order valence-electron chi connectivity index (χ1n) is 10.2. The van der Waals surface area contributed by atoms with E-state index in [2.05, 4.69) is 5.32 Å². The number of furan rings is 1. The fraction of sp³-hybridized carbons (Fsp3) is 0.217. The number of anilines is 1. The van der Waals surface area contributed by atoms with Crippen molar-refractivity contribution in [3.8, 4) is 0 Å². The van der Waals surface area contributed by atoms with E-state index in [9.17, 15) is 18.0 Å². The molecule has 2 aromatic heterocycles. The van der Waals surface area contributed by atoms with Gasteiger partial charge in [-0.15, -0.1) is 0 Å². The Labute approximate surface area is 185 Å². The van der Waals surface area contributed by atoms with Gasteiger partial charge in [0, 0.05) is 13.1 Å². The van der Waals surface area contributed by atoms with Crippen LogP contribution in [0.15, 0.2) is 73.8 Å². The summed E-state index contributed by atoms with van der Waals surface area (Å²) in [4.78, 5) is 25.5. The van der Waals surface area contributed by atoms with E-state index in [1.165, 1.54) is 41.2 Å². The van der Waals surface area contributed by atoms with Gasteiger partial charge in [-0.1, -0.05) is 17.7 Å². The minimum atomic E-state index is -4.00. The Morgan fingerprint density at radius 3 is 2.19 bits per heavy atom. The number of hydrogen-bond donors (Lipinski definition) is 1. The highest BCUT2D eigenvalue weighted by Crippen LogP contribution is 2.32. The minimum absolute atomic E-state index is 0.0443. The number of amides is 1. The highest BCUT2D eigenvalue weighted by atomic mass is 32.2. The van der Waals surface area contributed by atoms with Crippen LogP contribution in [0.2, 0.25) is 0 Å². The number of fused-ring (bicyclic) bond motifs is 1. The number of aromatic nitrogens is 2. The Morgan fingerprint density at radius 2 is 1.62 bits per heavy atom. The molecule has 0 aliphatic rings. The van der Waals surface area contributed by atoms with Gasteiger partial charge >= 0.3 is 5.69 Å². The molecule has 0 atom stereocenters. The first kappa shape index (κ1) is 21.6. The molecule has 0 bridgehead atoms. The molecule has 4 rings (SSSR count). The Balaban J connectivity index is 1.99. The summed E-state index contributed by atoms with van der Waals surface area (Å²) in [7, 11) is -4.00. The van der Waals surface area contributed by atoms with Gasteiger partial charge in [-0.05, 0) is 57.2 Å². The lowest BCUT2D eigenvalue weighted by molar-refractivity contribution is 0.0996. The summed E-state index contributed by atoms with van der Waals surface area (Å²) in [6.45, 7) is 6.30. The van der Waals surface area contributed by atoms with E-state index in [0.29, 0.717) is 24.1 Å². The number of rotatable bonds is 6. The number of carbonyl (C=O) groups is 1. The molecule has 0 fully saturated rings. The summed E-state index contributed by atoms with van der Waals surface area (Å²) in [5.74, 6) is -0.544. The number of hydrogen-bond acceptors (Lipinski definition) is 5. The first-order valence-corrected chi connectivity index (χ1v) is 11.7. The summed E-state index contributed by atoms with van der Waals surface area (Å²) in [6, 6.07) is 12.5. The molecule has 0 aliphatic carbocycles. The first-order chi connectivity index (χ1) is 15.3. The van der Waals surface area contributed by atoms with Crippen molar-refractivity contribution >= 4 is 32.5 Å². The van der Waals surface area contributed by atoms with Crippen molar-refractivity contribution in [1.82, 2.24) is 9.13 Å². The lowest BCUT2D eigenvalue weighted by Crippen LogP contribution is -2.23. The Morgan fingerprint density at radius 1 is 1.00 bits per heavy atom. The number of nitrogens with one attached hydrogen (secondary N) is 1. The topological polar surface area (TPSA) is 103 Å². The van der Waals surface area contributed by atoms with Crippen LogP contribution in [0.1, 0.15) is 30.0 Å². The highest BCUT2D eigenvalue weighted by molar-refractivity contribution is 7.91. The normalized spacial score (nSPS) is 11.7. The third kappa shape index (κ3) is 3.54. The van der Waals surface area contributed by atoms with Crippen LogP contribution in [0, 0.1) is 6.92 Å². The number of nitrogens with zero attached hydrogens (tertiary/aromatic N) is 2. The van der Waals surface area contributed by atoms with Gasteiger partial charge in [0.15, 0.2) is 5.76 Å².